The molecule has 0 heterocycles. The van der Waals surface area contributed by atoms with E-state index in [1.54, 1.807) is 0 Å². The van der Waals surface area contributed by atoms with Gasteiger partial charge in [-0.05, 0) is 60.5 Å². The molecule has 0 saturated carbocycles. The molecular formula is C19H42IN5O2. The number of aliphatic imine (C=N–C) groups is 1. The molecule has 8 heteroatoms. The van der Waals surface area contributed by atoms with E-state index < -0.39 is 5.60 Å². The summed E-state index contributed by atoms with van der Waals surface area (Å²) >= 11 is 0. The van der Waals surface area contributed by atoms with Crippen LogP contribution in [0.5, 0.6) is 0 Å². The number of ether oxygens (including phenoxy) is 1. The molecule has 0 fully saturated rings. The summed E-state index contributed by atoms with van der Waals surface area (Å²) < 4.78 is 5.21. The lowest BCUT2D eigenvalue weighted by Crippen LogP contribution is -2.40. The van der Waals surface area contributed by atoms with Crippen molar-refractivity contribution in [1.29, 1.82) is 0 Å². The number of halogens is 1. The van der Waals surface area contributed by atoms with Crippen LogP contribution in [0.4, 0.5) is 4.79 Å². The predicted octanol–water partition coefficient (Wildman–Crippen LogP) is 3.05. The van der Waals surface area contributed by atoms with E-state index in [1.165, 1.54) is 0 Å². The number of nitrogens with zero attached hydrogens (tertiary/aromatic N) is 2. The second-order valence-electron chi connectivity index (χ2n) is 8.18. The van der Waals surface area contributed by atoms with E-state index in [0.717, 1.165) is 38.4 Å². The summed E-state index contributed by atoms with van der Waals surface area (Å²) in [6.07, 6.45) is 1.54. The normalized spacial score (nSPS) is 13.2. The molecule has 0 aliphatic carbocycles. The van der Waals surface area contributed by atoms with Crippen molar-refractivity contribution < 1.29 is 9.53 Å². The van der Waals surface area contributed by atoms with Gasteiger partial charge in [0.15, 0.2) is 5.96 Å². The lowest BCUT2D eigenvalue weighted by Gasteiger charge is -2.25. The summed E-state index contributed by atoms with van der Waals surface area (Å²) in [6.45, 7) is 15.0. The first kappa shape index (κ1) is 28.4. The van der Waals surface area contributed by atoms with Gasteiger partial charge in [0.2, 0.25) is 0 Å². The lowest BCUT2D eigenvalue weighted by atomic mass is 10.0. The molecule has 0 aliphatic rings. The van der Waals surface area contributed by atoms with Crippen LogP contribution in [0.25, 0.3) is 0 Å². The molecule has 0 radical (unpaired) electrons. The highest BCUT2D eigenvalue weighted by molar-refractivity contribution is 14.0. The third-order valence-corrected chi connectivity index (χ3v) is 3.59. The van der Waals surface area contributed by atoms with Gasteiger partial charge in [0, 0.05) is 25.7 Å². The smallest absolute Gasteiger partial charge is 0.407 e. The summed E-state index contributed by atoms with van der Waals surface area (Å²) in [5, 5.41) is 9.35. The Kier molecular flexibility index (Phi) is 16.0. The number of carbonyl (C=O) groups excluding carboxylic acids is 1. The number of nitrogens with one attached hydrogen (secondary N) is 3. The third kappa shape index (κ3) is 17.1. The Bertz CT molecular complexity index is 423. The van der Waals surface area contributed by atoms with Crippen molar-refractivity contribution in [3.63, 3.8) is 0 Å². The molecule has 7 nitrogen and oxygen atoms in total. The molecule has 162 valence electrons. The number of carbonyl (C=O) groups is 1. The standard InChI is InChI=1S/C19H41N5O2.HI/c1-9-20-17(23-14-16(24(7)8)13-15(2)3)21-11-10-12-22-18(25)26-19(4,5)6;/h15-16H,9-14H2,1-8H3,(H,22,25)(H2,20,21,23);1H. The number of hydrogen-bond acceptors (Lipinski definition) is 4. The largest absolute Gasteiger partial charge is 0.444 e. The van der Waals surface area contributed by atoms with Crippen molar-refractivity contribution in [2.24, 2.45) is 10.9 Å². The van der Waals surface area contributed by atoms with Crippen molar-refractivity contribution in [2.45, 2.75) is 66.0 Å². The quantitative estimate of drug-likeness (QED) is 0.187. The molecule has 1 atom stereocenters. The van der Waals surface area contributed by atoms with Gasteiger partial charge in [0.05, 0.1) is 6.54 Å². The van der Waals surface area contributed by atoms with Gasteiger partial charge in [-0.15, -0.1) is 24.0 Å². The number of hydrogen-bond donors (Lipinski definition) is 3. The van der Waals surface area contributed by atoms with E-state index in [4.69, 9.17) is 9.73 Å². The van der Waals surface area contributed by atoms with E-state index in [9.17, 15) is 4.79 Å². The average Bonchev–Trinajstić information content (AvgIpc) is 2.48. The Balaban J connectivity index is 0. The van der Waals surface area contributed by atoms with Crippen molar-refractivity contribution in [1.82, 2.24) is 20.9 Å². The van der Waals surface area contributed by atoms with Gasteiger partial charge in [-0.1, -0.05) is 13.8 Å². The fourth-order valence-corrected chi connectivity index (χ4v) is 2.33. The van der Waals surface area contributed by atoms with Crippen LogP contribution in [0.1, 0.15) is 54.4 Å². The minimum atomic E-state index is -0.466. The molecule has 0 bridgehead atoms. The molecule has 1 unspecified atom stereocenters. The van der Waals surface area contributed by atoms with Gasteiger partial charge in [-0.3, -0.25) is 4.99 Å². The van der Waals surface area contributed by atoms with E-state index in [2.05, 4.69) is 55.7 Å². The SMILES string of the molecule is CCNC(=NCC(CC(C)C)N(C)C)NCCCNC(=O)OC(C)(C)C.I. The Morgan fingerprint density at radius 3 is 2.19 bits per heavy atom. The minimum Gasteiger partial charge on any atom is -0.444 e. The van der Waals surface area contributed by atoms with Crippen LogP contribution in [0.3, 0.4) is 0 Å². The fraction of sp³-hybridized carbons (Fsp3) is 0.895. The van der Waals surface area contributed by atoms with Crippen LogP contribution in [0, 0.1) is 5.92 Å². The maximum atomic E-state index is 11.6. The summed E-state index contributed by atoms with van der Waals surface area (Å²) in [4.78, 5) is 18.5. The van der Waals surface area contributed by atoms with Crippen LogP contribution < -0.4 is 16.0 Å². The van der Waals surface area contributed by atoms with Crippen LogP contribution in [0.15, 0.2) is 4.99 Å². The molecule has 0 aromatic carbocycles. The molecular weight excluding hydrogens is 457 g/mol. The average molecular weight is 499 g/mol. The zero-order chi connectivity index (χ0) is 20.2. The molecule has 3 N–H and O–H groups in total. The summed E-state index contributed by atoms with van der Waals surface area (Å²) in [7, 11) is 4.20. The maximum absolute atomic E-state index is 11.6. The molecule has 0 rings (SSSR count). The van der Waals surface area contributed by atoms with Gasteiger partial charge in [-0.2, -0.15) is 0 Å². The molecule has 0 saturated heterocycles. The molecule has 1 amide bonds. The van der Waals surface area contributed by atoms with Crippen LogP contribution >= 0.6 is 24.0 Å². The summed E-state index contributed by atoms with van der Waals surface area (Å²) in [5.41, 5.74) is -0.466. The third-order valence-electron chi connectivity index (χ3n) is 3.59. The Hall–Kier alpha value is -0.770. The van der Waals surface area contributed by atoms with Crippen molar-refractivity contribution in [3.05, 3.63) is 0 Å². The first-order chi connectivity index (χ1) is 12.0. The zero-order valence-corrected chi connectivity index (χ0v) is 20.8. The highest BCUT2D eigenvalue weighted by Crippen LogP contribution is 2.09. The summed E-state index contributed by atoms with van der Waals surface area (Å²) in [5.74, 6) is 1.47. The summed E-state index contributed by atoms with van der Waals surface area (Å²) in [6, 6.07) is 0.430. The number of alkyl carbamates (subject to hydrolysis) is 1. The monoisotopic (exact) mass is 499 g/mol. The Labute approximate surface area is 183 Å². The van der Waals surface area contributed by atoms with Gasteiger partial charge >= 0.3 is 6.09 Å². The van der Waals surface area contributed by atoms with Gasteiger partial charge in [-0.25, -0.2) is 4.79 Å². The van der Waals surface area contributed by atoms with Crippen molar-refractivity contribution in [2.75, 3.05) is 40.3 Å². The first-order valence-electron chi connectivity index (χ1n) is 9.70. The molecule has 0 aliphatic heterocycles. The molecule has 0 aromatic rings. The number of guanidine groups is 1. The van der Waals surface area contributed by atoms with E-state index >= 15 is 0 Å². The number of likely N-dealkylation sites (N-methyl/N-ethyl adjacent to an activating group) is 1. The second-order valence-corrected chi connectivity index (χ2v) is 8.18. The van der Waals surface area contributed by atoms with E-state index in [1.807, 2.05) is 20.8 Å². The predicted molar refractivity (Wildman–Crippen MR) is 125 cm³/mol. The molecule has 0 spiro atoms. The first-order valence-corrected chi connectivity index (χ1v) is 9.70. The second kappa shape index (κ2) is 15.2. The van der Waals surface area contributed by atoms with Gasteiger partial charge in [0.1, 0.15) is 5.60 Å². The van der Waals surface area contributed by atoms with Gasteiger partial charge in [0.25, 0.3) is 0 Å². The molecule has 27 heavy (non-hydrogen) atoms. The Morgan fingerprint density at radius 2 is 1.70 bits per heavy atom. The minimum absolute atomic E-state index is 0. The van der Waals surface area contributed by atoms with Crippen molar-refractivity contribution in [3.8, 4) is 0 Å². The van der Waals surface area contributed by atoms with Crippen LogP contribution in [0.2, 0.25) is 0 Å². The van der Waals surface area contributed by atoms with E-state index in [-0.39, 0.29) is 30.1 Å². The molecule has 0 aromatic heterocycles. The fourth-order valence-electron chi connectivity index (χ4n) is 2.33. The number of amides is 1. The van der Waals surface area contributed by atoms with E-state index in [0.29, 0.717) is 18.5 Å². The highest BCUT2D eigenvalue weighted by atomic mass is 127. The van der Waals surface area contributed by atoms with Gasteiger partial charge < -0.3 is 25.6 Å². The highest BCUT2D eigenvalue weighted by Gasteiger charge is 2.15. The lowest BCUT2D eigenvalue weighted by molar-refractivity contribution is 0.0527. The topological polar surface area (TPSA) is 78.0 Å². The van der Waals surface area contributed by atoms with Crippen LogP contribution in [-0.4, -0.2) is 68.9 Å². The Morgan fingerprint density at radius 1 is 1.11 bits per heavy atom. The van der Waals surface area contributed by atoms with Crippen LogP contribution in [-0.2, 0) is 4.74 Å². The van der Waals surface area contributed by atoms with Crippen molar-refractivity contribution >= 4 is 36.0 Å². The number of rotatable bonds is 10. The maximum Gasteiger partial charge on any atom is 0.407 e. The zero-order valence-electron chi connectivity index (χ0n) is 18.5.